The van der Waals surface area contributed by atoms with Gasteiger partial charge in [0.05, 0.1) is 19.9 Å². The fourth-order valence-electron chi connectivity index (χ4n) is 3.15. The quantitative estimate of drug-likeness (QED) is 0.493. The lowest BCUT2D eigenvalue weighted by Crippen LogP contribution is -2.30. The molecule has 0 saturated carbocycles. The molecule has 31 heavy (non-hydrogen) atoms. The Bertz CT molecular complexity index is 1130. The molecule has 5 nitrogen and oxygen atoms in total. The van der Waals surface area contributed by atoms with Crippen LogP contribution < -0.4 is 14.4 Å². The van der Waals surface area contributed by atoms with Crippen molar-refractivity contribution in [2.75, 3.05) is 19.1 Å². The molecule has 156 valence electrons. The highest BCUT2D eigenvalue weighted by Crippen LogP contribution is 2.32. The number of ether oxygens (including phenoxy) is 2. The fourth-order valence-corrected chi connectivity index (χ4v) is 4.12. The minimum Gasteiger partial charge on any atom is -0.497 e. The summed E-state index contributed by atoms with van der Waals surface area (Å²) in [5, 5.41) is 0.641. The Morgan fingerprint density at radius 1 is 0.903 bits per heavy atom. The highest BCUT2D eigenvalue weighted by molar-refractivity contribution is 8.13. The Labute approximate surface area is 186 Å². The number of amides is 1. The number of aliphatic imine (C=N–C) groups is 1. The van der Waals surface area contributed by atoms with Crippen LogP contribution in [-0.2, 0) is 10.5 Å². The van der Waals surface area contributed by atoms with E-state index in [1.807, 2.05) is 66.7 Å². The predicted octanol–water partition coefficient (Wildman–Crippen LogP) is 5.38. The monoisotopic (exact) mass is 430 g/mol. The summed E-state index contributed by atoms with van der Waals surface area (Å²) >= 11 is 1.53. The van der Waals surface area contributed by atoms with Gasteiger partial charge in [-0.1, -0.05) is 60.3 Å². The van der Waals surface area contributed by atoms with Crippen molar-refractivity contribution in [3.63, 3.8) is 0 Å². The van der Waals surface area contributed by atoms with E-state index in [1.165, 1.54) is 17.3 Å². The van der Waals surface area contributed by atoms with E-state index in [0.29, 0.717) is 22.4 Å². The van der Waals surface area contributed by atoms with Gasteiger partial charge in [-0.3, -0.25) is 9.69 Å². The number of thioether (sulfide) groups is 1. The second kappa shape index (κ2) is 9.53. The normalized spacial score (nSPS) is 14.6. The van der Waals surface area contributed by atoms with Crippen molar-refractivity contribution in [3.05, 3.63) is 95.7 Å². The van der Waals surface area contributed by atoms with Gasteiger partial charge in [0, 0.05) is 11.8 Å². The number of hydrogen-bond donors (Lipinski definition) is 0. The molecule has 1 amide bonds. The maximum atomic E-state index is 13.3. The Kier molecular flexibility index (Phi) is 6.38. The molecule has 0 saturated heterocycles. The van der Waals surface area contributed by atoms with Gasteiger partial charge in [0.2, 0.25) is 0 Å². The molecule has 4 rings (SSSR count). The van der Waals surface area contributed by atoms with E-state index in [-0.39, 0.29) is 5.91 Å². The average molecular weight is 431 g/mol. The molecule has 0 radical (unpaired) electrons. The van der Waals surface area contributed by atoms with E-state index in [2.05, 4.69) is 17.1 Å². The van der Waals surface area contributed by atoms with Crippen molar-refractivity contribution < 1.29 is 14.3 Å². The molecule has 1 aliphatic rings. The second-order valence-electron chi connectivity index (χ2n) is 6.81. The molecule has 1 heterocycles. The van der Waals surface area contributed by atoms with Crippen molar-refractivity contribution in [2.45, 2.75) is 5.75 Å². The minimum absolute atomic E-state index is 0.167. The van der Waals surface area contributed by atoms with Crippen molar-refractivity contribution in [1.82, 2.24) is 0 Å². The summed E-state index contributed by atoms with van der Waals surface area (Å²) in [5.74, 6) is 1.99. The van der Waals surface area contributed by atoms with Crippen LogP contribution in [0, 0.1) is 0 Å². The summed E-state index contributed by atoms with van der Waals surface area (Å²) < 4.78 is 10.6. The van der Waals surface area contributed by atoms with Crippen LogP contribution in [0.25, 0.3) is 6.08 Å². The summed E-state index contributed by atoms with van der Waals surface area (Å²) in [6, 6.07) is 25.1. The van der Waals surface area contributed by atoms with Gasteiger partial charge in [0.1, 0.15) is 17.2 Å². The molecule has 1 aliphatic heterocycles. The SMILES string of the molecule is COc1ccc(C=C2N=C(SCc3ccccc3)N(c3cccc(OC)c3)C2=O)cc1. The summed E-state index contributed by atoms with van der Waals surface area (Å²) in [6.45, 7) is 0. The lowest BCUT2D eigenvalue weighted by molar-refractivity contribution is -0.113. The maximum absolute atomic E-state index is 13.3. The Hall–Kier alpha value is -3.51. The van der Waals surface area contributed by atoms with Crippen LogP contribution in [0.2, 0.25) is 0 Å². The molecular formula is C25H22N2O3S. The van der Waals surface area contributed by atoms with Crippen molar-refractivity contribution in [1.29, 1.82) is 0 Å². The number of rotatable bonds is 6. The number of benzene rings is 3. The maximum Gasteiger partial charge on any atom is 0.283 e. The van der Waals surface area contributed by atoms with E-state index in [9.17, 15) is 4.79 Å². The summed E-state index contributed by atoms with van der Waals surface area (Å²) in [4.78, 5) is 19.6. The Morgan fingerprint density at radius 2 is 1.65 bits per heavy atom. The predicted molar refractivity (Wildman–Crippen MR) is 127 cm³/mol. The highest BCUT2D eigenvalue weighted by atomic mass is 32.2. The highest BCUT2D eigenvalue weighted by Gasteiger charge is 2.32. The first-order chi connectivity index (χ1) is 15.2. The van der Waals surface area contributed by atoms with Gasteiger partial charge in [-0.2, -0.15) is 0 Å². The molecule has 0 aliphatic carbocycles. The molecular weight excluding hydrogens is 408 g/mol. The van der Waals surface area contributed by atoms with E-state index >= 15 is 0 Å². The molecule has 0 unspecified atom stereocenters. The molecule has 0 fully saturated rings. The fraction of sp³-hybridized carbons (Fsp3) is 0.120. The lowest BCUT2D eigenvalue weighted by atomic mass is 10.2. The summed E-state index contributed by atoms with van der Waals surface area (Å²) in [7, 11) is 3.24. The van der Waals surface area contributed by atoms with Gasteiger partial charge in [-0.15, -0.1) is 0 Å². The van der Waals surface area contributed by atoms with Crippen LogP contribution in [0.5, 0.6) is 11.5 Å². The topological polar surface area (TPSA) is 51.1 Å². The summed E-state index contributed by atoms with van der Waals surface area (Å²) in [6.07, 6.45) is 1.80. The van der Waals surface area contributed by atoms with E-state index in [0.717, 1.165) is 17.0 Å². The van der Waals surface area contributed by atoms with Crippen LogP contribution in [0.15, 0.2) is 89.6 Å². The van der Waals surface area contributed by atoms with Crippen molar-refractivity contribution >= 4 is 34.6 Å². The zero-order chi connectivity index (χ0) is 21.6. The number of carbonyl (C=O) groups is 1. The molecule has 3 aromatic carbocycles. The van der Waals surface area contributed by atoms with Gasteiger partial charge in [-0.25, -0.2) is 4.99 Å². The number of amidine groups is 1. The van der Waals surface area contributed by atoms with Gasteiger partial charge >= 0.3 is 0 Å². The third-order valence-corrected chi connectivity index (χ3v) is 5.78. The number of carbonyl (C=O) groups excluding carboxylic acids is 1. The lowest BCUT2D eigenvalue weighted by Gasteiger charge is -2.18. The smallest absolute Gasteiger partial charge is 0.283 e. The van der Waals surface area contributed by atoms with Crippen LogP contribution in [0.4, 0.5) is 5.69 Å². The first-order valence-electron chi connectivity index (χ1n) is 9.77. The second-order valence-corrected chi connectivity index (χ2v) is 7.76. The molecule has 3 aromatic rings. The van der Waals surface area contributed by atoms with Gasteiger partial charge in [-0.05, 0) is 41.5 Å². The number of methoxy groups -OCH3 is 2. The average Bonchev–Trinajstić information content (AvgIpc) is 3.13. The van der Waals surface area contributed by atoms with Crippen LogP contribution in [0.1, 0.15) is 11.1 Å². The van der Waals surface area contributed by atoms with Gasteiger partial charge in [0.15, 0.2) is 5.17 Å². The number of hydrogen-bond acceptors (Lipinski definition) is 5. The molecule has 0 aromatic heterocycles. The van der Waals surface area contributed by atoms with Crippen LogP contribution >= 0.6 is 11.8 Å². The molecule has 0 N–H and O–H groups in total. The van der Waals surface area contributed by atoms with Crippen molar-refractivity contribution in [2.24, 2.45) is 4.99 Å². The third kappa shape index (κ3) is 4.81. The third-order valence-electron chi connectivity index (χ3n) is 4.77. The standard InChI is InChI=1S/C25H22N2O3S/c1-29-21-13-11-18(12-14-21)15-23-24(28)27(20-9-6-10-22(16-20)30-2)25(26-23)31-17-19-7-4-3-5-8-19/h3-16H,17H2,1-2H3. The first-order valence-corrected chi connectivity index (χ1v) is 10.8. The van der Waals surface area contributed by atoms with E-state index in [4.69, 9.17) is 9.47 Å². The molecule has 6 heteroatoms. The zero-order valence-electron chi connectivity index (χ0n) is 17.3. The zero-order valence-corrected chi connectivity index (χ0v) is 18.1. The van der Waals surface area contributed by atoms with Gasteiger partial charge < -0.3 is 9.47 Å². The molecule has 0 spiro atoms. The van der Waals surface area contributed by atoms with E-state index in [1.54, 1.807) is 25.2 Å². The first kappa shape index (κ1) is 20.8. The van der Waals surface area contributed by atoms with E-state index < -0.39 is 0 Å². The Balaban J connectivity index is 1.66. The largest absolute Gasteiger partial charge is 0.497 e. The minimum atomic E-state index is -0.167. The van der Waals surface area contributed by atoms with Crippen LogP contribution in [-0.4, -0.2) is 25.3 Å². The summed E-state index contributed by atoms with van der Waals surface area (Å²) in [5.41, 5.74) is 3.17. The molecule has 0 bridgehead atoms. The Morgan fingerprint density at radius 3 is 2.35 bits per heavy atom. The van der Waals surface area contributed by atoms with Gasteiger partial charge in [0.25, 0.3) is 5.91 Å². The number of anilines is 1. The van der Waals surface area contributed by atoms with Crippen LogP contribution in [0.3, 0.4) is 0 Å². The number of nitrogens with zero attached hydrogens (tertiary/aromatic N) is 2. The van der Waals surface area contributed by atoms with Crippen molar-refractivity contribution in [3.8, 4) is 11.5 Å². The molecule has 0 atom stereocenters.